The molecule has 16 heavy (non-hydrogen) atoms. The second-order valence-electron chi connectivity index (χ2n) is 4.29. The van der Waals surface area contributed by atoms with Gasteiger partial charge in [0.1, 0.15) is 0 Å². The summed E-state index contributed by atoms with van der Waals surface area (Å²) in [6, 6.07) is 6.92. The van der Waals surface area contributed by atoms with Crippen LogP contribution in [0.2, 0.25) is 0 Å². The van der Waals surface area contributed by atoms with Crippen LogP contribution in [0.1, 0.15) is 31.4 Å². The van der Waals surface area contributed by atoms with Crippen molar-refractivity contribution >= 4 is 5.69 Å². The molecular formula is C14H23NO. The Balaban J connectivity index is 2.71. The van der Waals surface area contributed by atoms with Crippen LogP contribution in [0, 0.1) is 6.92 Å². The van der Waals surface area contributed by atoms with E-state index < -0.39 is 0 Å². The zero-order valence-corrected chi connectivity index (χ0v) is 10.8. The third kappa shape index (κ3) is 3.53. The van der Waals surface area contributed by atoms with E-state index in [9.17, 15) is 0 Å². The molecule has 0 radical (unpaired) electrons. The number of anilines is 1. The van der Waals surface area contributed by atoms with Gasteiger partial charge < -0.3 is 10.1 Å². The average molecular weight is 221 g/mol. The van der Waals surface area contributed by atoms with E-state index in [1.807, 2.05) is 0 Å². The number of rotatable bonds is 6. The predicted molar refractivity (Wildman–Crippen MR) is 70.1 cm³/mol. The fourth-order valence-corrected chi connectivity index (χ4v) is 1.84. The maximum absolute atomic E-state index is 5.10. The third-order valence-corrected chi connectivity index (χ3v) is 2.89. The van der Waals surface area contributed by atoms with E-state index in [0.29, 0.717) is 6.04 Å². The minimum Gasteiger partial charge on any atom is -0.385 e. The molecule has 0 aliphatic heterocycles. The molecule has 0 fully saturated rings. The average Bonchev–Trinajstić information content (AvgIpc) is 2.29. The largest absolute Gasteiger partial charge is 0.385 e. The number of aryl methyl sites for hydroxylation is 2. The molecule has 0 saturated heterocycles. The molecule has 0 bridgehead atoms. The highest BCUT2D eigenvalue weighted by Crippen LogP contribution is 2.22. The lowest BCUT2D eigenvalue weighted by Gasteiger charge is -2.19. The Bertz CT molecular complexity index is 323. The van der Waals surface area contributed by atoms with Crippen LogP contribution in [0.3, 0.4) is 0 Å². The highest BCUT2D eigenvalue weighted by Gasteiger charge is 2.07. The van der Waals surface area contributed by atoms with Gasteiger partial charge in [0.05, 0.1) is 0 Å². The van der Waals surface area contributed by atoms with Gasteiger partial charge in [0.25, 0.3) is 0 Å². The number of hydrogen-bond acceptors (Lipinski definition) is 2. The smallest absolute Gasteiger partial charge is 0.0481 e. The maximum atomic E-state index is 5.10. The summed E-state index contributed by atoms with van der Waals surface area (Å²) in [7, 11) is 1.75. The third-order valence-electron chi connectivity index (χ3n) is 2.89. The van der Waals surface area contributed by atoms with E-state index in [2.05, 4.69) is 44.3 Å². The molecule has 1 rings (SSSR count). The van der Waals surface area contributed by atoms with Crippen LogP contribution in [-0.4, -0.2) is 19.8 Å². The van der Waals surface area contributed by atoms with E-state index in [-0.39, 0.29) is 0 Å². The summed E-state index contributed by atoms with van der Waals surface area (Å²) >= 11 is 0. The molecule has 1 atom stereocenters. The van der Waals surface area contributed by atoms with Crippen LogP contribution in [0.4, 0.5) is 5.69 Å². The van der Waals surface area contributed by atoms with Crippen LogP contribution >= 0.6 is 0 Å². The summed E-state index contributed by atoms with van der Waals surface area (Å²) in [5.41, 5.74) is 4.02. The molecule has 0 amide bonds. The number of ether oxygens (including phenoxy) is 1. The van der Waals surface area contributed by atoms with E-state index in [1.165, 1.54) is 16.8 Å². The highest BCUT2D eigenvalue weighted by molar-refractivity contribution is 5.57. The van der Waals surface area contributed by atoms with Gasteiger partial charge in [-0.25, -0.2) is 0 Å². The van der Waals surface area contributed by atoms with Crippen molar-refractivity contribution in [1.82, 2.24) is 0 Å². The Morgan fingerprint density at radius 1 is 1.38 bits per heavy atom. The minimum atomic E-state index is 0.450. The molecule has 90 valence electrons. The number of nitrogens with one attached hydrogen (secondary N) is 1. The lowest BCUT2D eigenvalue weighted by Crippen LogP contribution is -2.18. The molecule has 0 aromatic heterocycles. The number of para-hydroxylation sites is 1. The van der Waals surface area contributed by atoms with Gasteiger partial charge in [0.2, 0.25) is 0 Å². The molecule has 1 aromatic rings. The molecule has 1 aromatic carbocycles. The van der Waals surface area contributed by atoms with Gasteiger partial charge in [-0.2, -0.15) is 0 Å². The van der Waals surface area contributed by atoms with Gasteiger partial charge in [-0.1, -0.05) is 25.1 Å². The first kappa shape index (κ1) is 13.0. The zero-order chi connectivity index (χ0) is 12.0. The summed E-state index contributed by atoms with van der Waals surface area (Å²) in [6.07, 6.45) is 2.11. The number of methoxy groups -OCH3 is 1. The standard InChI is InChI=1S/C14H23NO/c1-5-13-8-6-7-11(2)14(13)15-12(3)9-10-16-4/h6-8,12,15H,5,9-10H2,1-4H3. The monoisotopic (exact) mass is 221 g/mol. The Hall–Kier alpha value is -1.02. The highest BCUT2D eigenvalue weighted by atomic mass is 16.5. The van der Waals surface area contributed by atoms with Crippen molar-refractivity contribution in [3.8, 4) is 0 Å². The molecule has 1 N–H and O–H groups in total. The Labute approximate surface area is 99.0 Å². The van der Waals surface area contributed by atoms with E-state index >= 15 is 0 Å². The fourth-order valence-electron chi connectivity index (χ4n) is 1.84. The van der Waals surface area contributed by atoms with Crippen molar-refractivity contribution in [2.24, 2.45) is 0 Å². The molecule has 0 saturated carbocycles. The van der Waals surface area contributed by atoms with E-state index in [4.69, 9.17) is 4.74 Å². The summed E-state index contributed by atoms with van der Waals surface area (Å²) < 4.78 is 5.10. The Morgan fingerprint density at radius 2 is 2.12 bits per heavy atom. The van der Waals surface area contributed by atoms with Crippen molar-refractivity contribution in [3.05, 3.63) is 29.3 Å². The first-order valence-corrected chi connectivity index (χ1v) is 6.03. The maximum Gasteiger partial charge on any atom is 0.0481 e. The van der Waals surface area contributed by atoms with Crippen molar-refractivity contribution < 1.29 is 4.74 Å². The molecule has 1 unspecified atom stereocenters. The summed E-state index contributed by atoms with van der Waals surface area (Å²) in [5.74, 6) is 0. The van der Waals surface area contributed by atoms with E-state index in [1.54, 1.807) is 7.11 Å². The van der Waals surface area contributed by atoms with Crippen molar-refractivity contribution in [3.63, 3.8) is 0 Å². The normalized spacial score (nSPS) is 12.5. The lowest BCUT2D eigenvalue weighted by atomic mass is 10.0. The van der Waals surface area contributed by atoms with Gasteiger partial charge >= 0.3 is 0 Å². The van der Waals surface area contributed by atoms with Crippen LogP contribution < -0.4 is 5.32 Å². The van der Waals surface area contributed by atoms with Gasteiger partial charge in [-0.3, -0.25) is 0 Å². The van der Waals surface area contributed by atoms with E-state index in [0.717, 1.165) is 19.4 Å². The molecule has 0 heterocycles. The van der Waals surface area contributed by atoms with Crippen LogP contribution in [0.5, 0.6) is 0 Å². The van der Waals surface area contributed by atoms with Crippen LogP contribution in [-0.2, 0) is 11.2 Å². The molecular weight excluding hydrogens is 198 g/mol. The molecule has 2 nitrogen and oxygen atoms in total. The molecule has 0 spiro atoms. The second-order valence-corrected chi connectivity index (χ2v) is 4.29. The first-order valence-electron chi connectivity index (χ1n) is 6.03. The quantitative estimate of drug-likeness (QED) is 0.795. The summed E-state index contributed by atoms with van der Waals surface area (Å²) in [4.78, 5) is 0. The number of benzene rings is 1. The van der Waals surface area contributed by atoms with Crippen molar-refractivity contribution in [2.45, 2.75) is 39.7 Å². The lowest BCUT2D eigenvalue weighted by molar-refractivity contribution is 0.191. The molecule has 2 heteroatoms. The first-order chi connectivity index (χ1) is 7.69. The summed E-state index contributed by atoms with van der Waals surface area (Å²) in [6.45, 7) is 7.36. The number of hydrogen-bond donors (Lipinski definition) is 1. The molecule has 0 aliphatic rings. The topological polar surface area (TPSA) is 21.3 Å². The van der Waals surface area contributed by atoms with Gasteiger partial charge in [0, 0.05) is 25.4 Å². The predicted octanol–water partition coefficient (Wildman–Crippen LogP) is 3.39. The van der Waals surface area contributed by atoms with Gasteiger partial charge in [-0.05, 0) is 37.8 Å². The van der Waals surface area contributed by atoms with Gasteiger partial charge in [0.15, 0.2) is 0 Å². The van der Waals surface area contributed by atoms with Crippen LogP contribution in [0.25, 0.3) is 0 Å². The SMILES string of the molecule is CCc1cccc(C)c1NC(C)CCOC. The van der Waals surface area contributed by atoms with Crippen LogP contribution in [0.15, 0.2) is 18.2 Å². The minimum absolute atomic E-state index is 0.450. The Kier molecular flexibility index (Phi) is 5.33. The molecule has 0 aliphatic carbocycles. The summed E-state index contributed by atoms with van der Waals surface area (Å²) in [5, 5.41) is 3.58. The zero-order valence-electron chi connectivity index (χ0n) is 10.8. The fraction of sp³-hybridized carbons (Fsp3) is 0.571. The van der Waals surface area contributed by atoms with Gasteiger partial charge in [-0.15, -0.1) is 0 Å². The Morgan fingerprint density at radius 3 is 2.75 bits per heavy atom. The second kappa shape index (κ2) is 6.54. The van der Waals surface area contributed by atoms with Crippen molar-refractivity contribution in [2.75, 3.05) is 19.0 Å². The van der Waals surface area contributed by atoms with Crippen molar-refractivity contribution in [1.29, 1.82) is 0 Å².